The number of hydrogen-bond donors (Lipinski definition) is 2. The van der Waals surface area contributed by atoms with Crippen LogP contribution in [0.4, 0.5) is 11.9 Å². The lowest BCUT2D eigenvalue weighted by Crippen LogP contribution is -2.17. The quantitative estimate of drug-likeness (QED) is 0.726. The van der Waals surface area contributed by atoms with Crippen molar-refractivity contribution in [2.45, 2.75) is 33.1 Å². The van der Waals surface area contributed by atoms with Gasteiger partial charge < -0.3 is 15.4 Å². The summed E-state index contributed by atoms with van der Waals surface area (Å²) in [5.74, 6) is 4.38. The summed E-state index contributed by atoms with van der Waals surface area (Å²) in [5.41, 5.74) is 0. The zero-order chi connectivity index (χ0) is 14.9. The zero-order valence-electron chi connectivity index (χ0n) is 12.9. The van der Waals surface area contributed by atoms with E-state index in [0.29, 0.717) is 30.4 Å². The molecule has 0 aromatic carbocycles. The fraction of sp³-hybridized carbons (Fsp3) is 0.786. The molecule has 1 aliphatic rings. The van der Waals surface area contributed by atoms with Crippen molar-refractivity contribution in [1.82, 2.24) is 15.0 Å². The molecule has 1 aromatic heterocycles. The number of ether oxygens (including phenoxy) is 1. The summed E-state index contributed by atoms with van der Waals surface area (Å²) in [5, 5.41) is 6.52. The van der Waals surface area contributed by atoms with Crippen molar-refractivity contribution in [1.29, 1.82) is 0 Å². The van der Waals surface area contributed by atoms with E-state index in [1.165, 1.54) is 17.9 Å². The molecule has 1 saturated heterocycles. The number of rotatable bonds is 9. The van der Waals surface area contributed by atoms with Gasteiger partial charge in [0.1, 0.15) is 0 Å². The molecule has 1 aromatic rings. The first-order valence-electron chi connectivity index (χ1n) is 7.76. The molecule has 0 radical (unpaired) electrons. The lowest BCUT2D eigenvalue weighted by molar-refractivity contribution is 0.292. The molecule has 2 heterocycles. The molecular formula is C14H25N5OS. The number of hydrogen-bond acceptors (Lipinski definition) is 7. The van der Waals surface area contributed by atoms with Crippen LogP contribution in [-0.4, -0.2) is 46.2 Å². The number of nitrogens with one attached hydrogen (secondary N) is 2. The molecule has 118 valence electrons. The van der Waals surface area contributed by atoms with Crippen LogP contribution in [0.2, 0.25) is 0 Å². The Hall–Kier alpha value is -1.24. The second kappa shape index (κ2) is 8.92. The molecule has 1 atom stereocenters. The van der Waals surface area contributed by atoms with Crippen molar-refractivity contribution in [3.63, 3.8) is 0 Å². The molecule has 0 saturated carbocycles. The van der Waals surface area contributed by atoms with Crippen molar-refractivity contribution >= 4 is 23.7 Å². The van der Waals surface area contributed by atoms with Crippen LogP contribution in [0, 0.1) is 5.92 Å². The van der Waals surface area contributed by atoms with Crippen LogP contribution < -0.4 is 15.4 Å². The maximum Gasteiger partial charge on any atom is 0.323 e. The van der Waals surface area contributed by atoms with Crippen LogP contribution in [0.1, 0.15) is 33.1 Å². The van der Waals surface area contributed by atoms with Gasteiger partial charge in [0, 0.05) is 13.1 Å². The Kier molecular flexibility index (Phi) is 6.85. The van der Waals surface area contributed by atoms with Crippen LogP contribution in [-0.2, 0) is 0 Å². The molecule has 1 unspecified atom stereocenters. The number of aromatic nitrogens is 3. The normalized spacial score (nSPS) is 17.7. The standard InChI is InChI=1S/C14H25N5OS/c1-3-6-15-12-17-13(16-9-11-5-8-21-10-11)19-14(18-12)20-7-4-2/h11H,3-10H2,1-2H3,(H2,15,16,17,18,19). The highest BCUT2D eigenvalue weighted by Gasteiger charge is 2.16. The Morgan fingerprint density at radius 2 is 1.95 bits per heavy atom. The highest BCUT2D eigenvalue weighted by molar-refractivity contribution is 7.99. The van der Waals surface area contributed by atoms with Gasteiger partial charge in [-0.05, 0) is 36.7 Å². The van der Waals surface area contributed by atoms with Gasteiger partial charge in [-0.2, -0.15) is 26.7 Å². The molecule has 7 heteroatoms. The van der Waals surface area contributed by atoms with E-state index in [1.54, 1.807) is 0 Å². The van der Waals surface area contributed by atoms with Gasteiger partial charge in [-0.1, -0.05) is 13.8 Å². The predicted octanol–water partition coefficient (Wildman–Crippen LogP) is 2.65. The fourth-order valence-electron chi connectivity index (χ4n) is 1.99. The van der Waals surface area contributed by atoms with E-state index in [4.69, 9.17) is 4.74 Å². The van der Waals surface area contributed by atoms with Crippen LogP contribution in [0.15, 0.2) is 0 Å². The highest BCUT2D eigenvalue weighted by Crippen LogP contribution is 2.23. The molecule has 2 N–H and O–H groups in total. The minimum Gasteiger partial charge on any atom is -0.463 e. The van der Waals surface area contributed by atoms with Crippen LogP contribution in [0.3, 0.4) is 0 Å². The molecule has 0 spiro atoms. The maximum atomic E-state index is 5.54. The smallest absolute Gasteiger partial charge is 0.323 e. The van der Waals surface area contributed by atoms with E-state index >= 15 is 0 Å². The van der Waals surface area contributed by atoms with Crippen molar-refractivity contribution in [3.8, 4) is 6.01 Å². The van der Waals surface area contributed by atoms with Crippen LogP contribution in [0.5, 0.6) is 6.01 Å². The molecular weight excluding hydrogens is 286 g/mol. The third-order valence-corrected chi connectivity index (χ3v) is 4.39. The van der Waals surface area contributed by atoms with E-state index in [-0.39, 0.29) is 0 Å². The minimum atomic E-state index is 0.397. The maximum absolute atomic E-state index is 5.54. The average Bonchev–Trinajstić information content (AvgIpc) is 3.02. The Labute approximate surface area is 130 Å². The first-order chi connectivity index (χ1) is 10.3. The van der Waals surface area contributed by atoms with Gasteiger partial charge >= 0.3 is 6.01 Å². The summed E-state index contributed by atoms with van der Waals surface area (Å²) < 4.78 is 5.54. The number of thioether (sulfide) groups is 1. The highest BCUT2D eigenvalue weighted by atomic mass is 32.2. The second-order valence-corrected chi connectivity index (χ2v) is 6.30. The van der Waals surface area contributed by atoms with Gasteiger partial charge in [0.2, 0.25) is 11.9 Å². The molecule has 1 aliphatic heterocycles. The Morgan fingerprint density at radius 1 is 1.14 bits per heavy atom. The molecule has 0 amide bonds. The van der Waals surface area contributed by atoms with Gasteiger partial charge in [-0.25, -0.2) is 0 Å². The third kappa shape index (κ3) is 5.57. The summed E-state index contributed by atoms with van der Waals surface area (Å²) in [6, 6.07) is 0.397. The van der Waals surface area contributed by atoms with Crippen molar-refractivity contribution < 1.29 is 4.74 Å². The molecule has 2 rings (SSSR count). The van der Waals surface area contributed by atoms with Crippen LogP contribution >= 0.6 is 11.8 Å². The predicted molar refractivity (Wildman–Crippen MR) is 88.3 cm³/mol. The zero-order valence-corrected chi connectivity index (χ0v) is 13.7. The van der Waals surface area contributed by atoms with Crippen LogP contribution in [0.25, 0.3) is 0 Å². The van der Waals surface area contributed by atoms with E-state index in [9.17, 15) is 0 Å². The Morgan fingerprint density at radius 3 is 2.62 bits per heavy atom. The van der Waals surface area contributed by atoms with Gasteiger partial charge in [-0.15, -0.1) is 0 Å². The summed E-state index contributed by atoms with van der Waals surface area (Å²) >= 11 is 2.02. The molecule has 0 aliphatic carbocycles. The van der Waals surface area contributed by atoms with Gasteiger partial charge in [0.05, 0.1) is 6.61 Å². The van der Waals surface area contributed by atoms with Crippen molar-refractivity contribution in [2.75, 3.05) is 41.8 Å². The largest absolute Gasteiger partial charge is 0.463 e. The summed E-state index contributed by atoms with van der Waals surface area (Å²) in [6.45, 7) is 6.55. The lowest BCUT2D eigenvalue weighted by Gasteiger charge is -2.12. The minimum absolute atomic E-state index is 0.397. The summed E-state index contributed by atoms with van der Waals surface area (Å²) in [7, 11) is 0. The Bertz CT molecular complexity index is 400. The SMILES string of the molecule is CCCNc1nc(NCC2CCSC2)nc(OCCC)n1. The second-order valence-electron chi connectivity index (χ2n) is 5.15. The van der Waals surface area contributed by atoms with Gasteiger partial charge in [-0.3, -0.25) is 0 Å². The van der Waals surface area contributed by atoms with E-state index in [1.807, 2.05) is 11.8 Å². The van der Waals surface area contributed by atoms with Crippen molar-refractivity contribution in [2.24, 2.45) is 5.92 Å². The Balaban J connectivity index is 1.98. The van der Waals surface area contributed by atoms with E-state index in [2.05, 4.69) is 39.4 Å². The number of anilines is 2. The van der Waals surface area contributed by atoms with Gasteiger partial charge in [0.15, 0.2) is 0 Å². The topological polar surface area (TPSA) is 72.0 Å². The lowest BCUT2D eigenvalue weighted by atomic mass is 10.1. The van der Waals surface area contributed by atoms with Gasteiger partial charge in [0.25, 0.3) is 0 Å². The van der Waals surface area contributed by atoms with Crippen molar-refractivity contribution in [3.05, 3.63) is 0 Å². The fourth-order valence-corrected chi connectivity index (χ4v) is 3.27. The first-order valence-corrected chi connectivity index (χ1v) is 8.91. The summed E-state index contributed by atoms with van der Waals surface area (Å²) in [4.78, 5) is 13.0. The van der Waals surface area contributed by atoms with E-state index in [0.717, 1.165) is 25.9 Å². The average molecular weight is 311 g/mol. The first kappa shape index (κ1) is 16.1. The molecule has 21 heavy (non-hydrogen) atoms. The molecule has 0 bridgehead atoms. The third-order valence-electron chi connectivity index (χ3n) is 3.16. The molecule has 6 nitrogen and oxygen atoms in total. The number of nitrogens with zero attached hydrogens (tertiary/aromatic N) is 3. The van der Waals surface area contributed by atoms with E-state index < -0.39 is 0 Å². The monoisotopic (exact) mass is 311 g/mol. The molecule has 1 fully saturated rings. The summed E-state index contributed by atoms with van der Waals surface area (Å²) in [6.07, 6.45) is 3.23.